The summed E-state index contributed by atoms with van der Waals surface area (Å²) >= 11 is 0. The molecule has 3 aromatic heterocycles. The van der Waals surface area contributed by atoms with E-state index in [1.54, 1.807) is 0 Å². The molecule has 0 aliphatic heterocycles. The molecule has 0 spiro atoms. The van der Waals surface area contributed by atoms with Gasteiger partial charge in [-0.1, -0.05) is 84.9 Å². The van der Waals surface area contributed by atoms with E-state index in [0.717, 1.165) is 50.6 Å². The summed E-state index contributed by atoms with van der Waals surface area (Å²) in [5, 5.41) is 7.19. The zero-order valence-corrected chi connectivity index (χ0v) is 29.2. The number of para-hydroxylation sites is 1. The van der Waals surface area contributed by atoms with Crippen molar-refractivity contribution in [1.82, 2.24) is 19.3 Å². The summed E-state index contributed by atoms with van der Waals surface area (Å²) in [4.78, 5) is 4.83. The fourth-order valence-electron chi connectivity index (χ4n) is 6.80. The molecular weight excluding hydrogens is 589 g/mol. The van der Waals surface area contributed by atoms with Crippen molar-refractivity contribution >= 4 is 21.8 Å². The Hall–Kier alpha value is -5.16. The van der Waals surface area contributed by atoms with Crippen molar-refractivity contribution in [1.29, 1.82) is 0 Å². The molecule has 5 heteroatoms. The first-order chi connectivity index (χ1) is 23.0. The smallest absolute Gasteiger partial charge is 0.137 e. The summed E-state index contributed by atoms with van der Waals surface area (Å²) in [6, 6.07) is 32.1. The van der Waals surface area contributed by atoms with Crippen molar-refractivity contribution in [2.75, 3.05) is 0 Å². The van der Waals surface area contributed by atoms with Crippen LogP contribution < -0.4 is 4.74 Å². The topological polar surface area (TPSA) is 44.9 Å². The first-order valence-corrected chi connectivity index (χ1v) is 17.0. The lowest BCUT2D eigenvalue weighted by Crippen LogP contribution is -2.12. The van der Waals surface area contributed by atoms with E-state index in [0.29, 0.717) is 11.8 Å². The molecule has 0 unspecified atom stereocenters. The lowest BCUT2D eigenvalue weighted by atomic mass is 9.86. The Kier molecular flexibility index (Phi) is 7.95. The predicted molar refractivity (Wildman–Crippen MR) is 199 cm³/mol. The maximum absolute atomic E-state index is 6.61. The predicted octanol–water partition coefficient (Wildman–Crippen LogP) is 11.7. The molecule has 4 aromatic carbocycles. The summed E-state index contributed by atoms with van der Waals surface area (Å²) in [6.45, 7) is 17.8. The van der Waals surface area contributed by atoms with Gasteiger partial charge in [0.2, 0.25) is 0 Å². The Morgan fingerprint density at radius 1 is 0.708 bits per heavy atom. The van der Waals surface area contributed by atoms with Crippen LogP contribution in [0.4, 0.5) is 0 Å². The normalized spacial score (nSPS) is 12.1. The summed E-state index contributed by atoms with van der Waals surface area (Å²) in [5.41, 5.74) is 10.6. The van der Waals surface area contributed by atoms with Gasteiger partial charge in [0, 0.05) is 40.9 Å². The van der Waals surface area contributed by atoms with Crippen LogP contribution in [-0.4, -0.2) is 19.3 Å². The number of hydrogen-bond donors (Lipinski definition) is 0. The van der Waals surface area contributed by atoms with Crippen LogP contribution in [0.5, 0.6) is 11.5 Å². The maximum Gasteiger partial charge on any atom is 0.137 e. The van der Waals surface area contributed by atoms with Gasteiger partial charge in [-0.05, 0) is 94.5 Å². The average molecular weight is 633 g/mol. The van der Waals surface area contributed by atoms with E-state index in [1.807, 2.05) is 17.1 Å². The fourth-order valence-corrected chi connectivity index (χ4v) is 6.80. The van der Waals surface area contributed by atoms with Gasteiger partial charge in [0.15, 0.2) is 0 Å². The summed E-state index contributed by atoms with van der Waals surface area (Å²) in [7, 11) is 0. The van der Waals surface area contributed by atoms with Crippen LogP contribution in [0.2, 0.25) is 0 Å². The van der Waals surface area contributed by atoms with Crippen LogP contribution >= 0.6 is 0 Å². The minimum absolute atomic E-state index is 0.0114. The molecule has 0 aliphatic carbocycles. The number of hydrogen-bond acceptors (Lipinski definition) is 3. The highest BCUT2D eigenvalue weighted by molar-refractivity contribution is 6.09. The number of benzene rings is 4. The molecule has 3 heterocycles. The van der Waals surface area contributed by atoms with Crippen molar-refractivity contribution in [3.8, 4) is 34.1 Å². The van der Waals surface area contributed by atoms with Gasteiger partial charge >= 0.3 is 0 Å². The summed E-state index contributed by atoms with van der Waals surface area (Å²) in [5.74, 6) is 3.26. The fraction of sp³-hybridized carbons (Fsp3) is 0.256. The average Bonchev–Trinajstić information content (AvgIpc) is 3.67. The second-order valence-electron chi connectivity index (χ2n) is 14.6. The van der Waals surface area contributed by atoms with E-state index < -0.39 is 0 Å². The Labute approximate surface area is 283 Å². The summed E-state index contributed by atoms with van der Waals surface area (Å²) < 4.78 is 10.8. The van der Waals surface area contributed by atoms with Gasteiger partial charge in [0.25, 0.3) is 0 Å². The van der Waals surface area contributed by atoms with Gasteiger partial charge in [-0.25, -0.2) is 9.67 Å². The van der Waals surface area contributed by atoms with Crippen molar-refractivity contribution in [3.63, 3.8) is 0 Å². The lowest BCUT2D eigenvalue weighted by Gasteiger charge is -2.20. The van der Waals surface area contributed by atoms with E-state index in [1.165, 1.54) is 27.6 Å². The van der Waals surface area contributed by atoms with E-state index in [9.17, 15) is 0 Å². The Morgan fingerprint density at radius 3 is 2.17 bits per heavy atom. The number of fused-ring (bicyclic) bond motifs is 3. The highest BCUT2D eigenvalue weighted by Gasteiger charge is 2.20. The minimum Gasteiger partial charge on any atom is -0.457 e. The monoisotopic (exact) mass is 632 g/mol. The molecule has 48 heavy (non-hydrogen) atoms. The number of rotatable bonds is 7. The number of pyridine rings is 1. The zero-order chi connectivity index (χ0) is 33.7. The van der Waals surface area contributed by atoms with Gasteiger partial charge in [-0.3, -0.25) is 4.57 Å². The zero-order valence-electron chi connectivity index (χ0n) is 29.2. The molecule has 0 saturated heterocycles. The molecule has 5 nitrogen and oxygen atoms in total. The third kappa shape index (κ3) is 5.79. The summed E-state index contributed by atoms with van der Waals surface area (Å²) in [6.07, 6.45) is 6.05. The highest BCUT2D eigenvalue weighted by atomic mass is 16.5. The number of aryl methyl sites for hydroxylation is 1. The molecule has 0 saturated carbocycles. The quantitative estimate of drug-likeness (QED) is 0.176. The van der Waals surface area contributed by atoms with Crippen molar-refractivity contribution in [2.24, 2.45) is 0 Å². The van der Waals surface area contributed by atoms with Crippen molar-refractivity contribution in [2.45, 2.75) is 72.6 Å². The molecule has 0 radical (unpaired) electrons. The Morgan fingerprint density at radius 2 is 1.44 bits per heavy atom. The molecule has 0 bridgehead atoms. The van der Waals surface area contributed by atoms with Gasteiger partial charge < -0.3 is 4.74 Å². The third-order valence-corrected chi connectivity index (χ3v) is 9.27. The lowest BCUT2D eigenvalue weighted by molar-refractivity contribution is 0.482. The van der Waals surface area contributed by atoms with Crippen LogP contribution in [0, 0.1) is 6.92 Å². The van der Waals surface area contributed by atoms with E-state index >= 15 is 0 Å². The molecule has 0 amide bonds. The van der Waals surface area contributed by atoms with Gasteiger partial charge in [0.1, 0.15) is 17.3 Å². The van der Waals surface area contributed by atoms with Crippen LogP contribution in [-0.2, 0) is 5.41 Å². The first-order valence-electron chi connectivity index (χ1n) is 17.0. The molecule has 7 aromatic rings. The van der Waals surface area contributed by atoms with E-state index in [-0.39, 0.29) is 5.41 Å². The van der Waals surface area contributed by atoms with Crippen LogP contribution in [0.15, 0.2) is 110 Å². The SMILES string of the molecule is Cc1cc(Oc2ccc3c4ccccc4n(-c4cc(C(C)(C)C)ccn4)c3c2)cc(-n2cc(-c3c(C(C)C)cccc3C(C)C)cn2)c1. The largest absolute Gasteiger partial charge is 0.457 e. The standard InChI is InChI=1S/C43H44N4O/c1-27(2)35-13-11-14-36(28(3)4)42(35)30-25-45-46(26-30)32-20-29(5)21-34(23-32)48-33-16-17-38-37-12-9-10-15-39(37)47(40(38)24-33)41-22-31(18-19-44-41)43(6,7)8/h9-28H,1-8H3. The minimum atomic E-state index is 0.0114. The number of nitrogens with zero attached hydrogens (tertiary/aromatic N) is 4. The molecule has 7 rings (SSSR count). The van der Waals surface area contributed by atoms with Crippen LogP contribution in [0.1, 0.15) is 82.6 Å². The first kappa shape index (κ1) is 31.4. The van der Waals surface area contributed by atoms with Gasteiger partial charge in [-0.2, -0.15) is 5.10 Å². The Bertz CT molecular complexity index is 2250. The van der Waals surface area contributed by atoms with E-state index in [2.05, 4.69) is 157 Å². The van der Waals surface area contributed by atoms with Crippen LogP contribution in [0.25, 0.3) is 44.4 Å². The third-order valence-electron chi connectivity index (χ3n) is 9.27. The Balaban J connectivity index is 1.28. The molecule has 0 atom stereocenters. The van der Waals surface area contributed by atoms with Gasteiger partial charge in [0.05, 0.1) is 22.9 Å². The van der Waals surface area contributed by atoms with Crippen LogP contribution in [0.3, 0.4) is 0 Å². The van der Waals surface area contributed by atoms with Crippen molar-refractivity contribution < 1.29 is 4.74 Å². The highest BCUT2D eigenvalue weighted by Crippen LogP contribution is 2.38. The molecule has 0 aliphatic rings. The number of aromatic nitrogens is 4. The van der Waals surface area contributed by atoms with Crippen molar-refractivity contribution in [3.05, 3.63) is 132 Å². The second-order valence-corrected chi connectivity index (χ2v) is 14.6. The second kappa shape index (κ2) is 12.1. The number of ether oxygens (including phenoxy) is 1. The molecule has 0 fully saturated rings. The van der Waals surface area contributed by atoms with E-state index in [4.69, 9.17) is 14.8 Å². The molecule has 242 valence electrons. The molecular formula is C43H44N4O. The maximum atomic E-state index is 6.61. The van der Waals surface area contributed by atoms with Gasteiger partial charge in [-0.15, -0.1) is 0 Å². The molecule has 0 N–H and O–H groups in total.